The zero-order valence-electron chi connectivity index (χ0n) is 24.9. The molecule has 230 valence electrons. The predicted molar refractivity (Wildman–Crippen MR) is 166 cm³/mol. The van der Waals surface area contributed by atoms with Gasteiger partial charge >= 0.3 is 0 Å². The first kappa shape index (κ1) is 34.7. The lowest BCUT2D eigenvalue weighted by Crippen LogP contribution is -2.55. The van der Waals surface area contributed by atoms with Crippen molar-refractivity contribution < 1.29 is 22.8 Å². The molecule has 3 amide bonds. The number of benzene rings is 2. The van der Waals surface area contributed by atoms with Crippen LogP contribution < -0.4 is 27.4 Å². The van der Waals surface area contributed by atoms with E-state index >= 15 is 0 Å². The Morgan fingerprint density at radius 1 is 0.738 bits per heavy atom. The Kier molecular flexibility index (Phi) is 13.9. The molecular formula is C31H45N5O5S. The van der Waals surface area contributed by atoms with E-state index in [1.807, 2.05) is 62.4 Å². The lowest BCUT2D eigenvalue weighted by Gasteiger charge is -2.25. The van der Waals surface area contributed by atoms with Gasteiger partial charge in [-0.3, -0.25) is 14.4 Å². The second-order valence-electron chi connectivity index (χ2n) is 11.0. The quantitative estimate of drug-likeness (QED) is 0.196. The molecule has 0 bridgehead atoms. The van der Waals surface area contributed by atoms with Gasteiger partial charge in [-0.15, -0.1) is 0 Å². The summed E-state index contributed by atoms with van der Waals surface area (Å²) in [6.07, 6.45) is 4.11. The molecule has 0 radical (unpaired) electrons. The molecule has 3 atom stereocenters. The van der Waals surface area contributed by atoms with Crippen LogP contribution in [-0.2, 0) is 50.2 Å². The van der Waals surface area contributed by atoms with E-state index in [9.17, 15) is 22.8 Å². The fraction of sp³-hybridized carbons (Fsp3) is 0.452. The third-order valence-corrected chi connectivity index (χ3v) is 7.31. The maximum absolute atomic E-state index is 13.6. The number of nitrogens with one attached hydrogen (secondary N) is 3. The third-order valence-electron chi connectivity index (χ3n) is 6.66. The van der Waals surface area contributed by atoms with E-state index in [1.54, 1.807) is 0 Å². The van der Waals surface area contributed by atoms with Crippen LogP contribution in [0.5, 0.6) is 0 Å². The molecule has 0 saturated carbocycles. The van der Waals surface area contributed by atoms with Crippen molar-refractivity contribution in [2.24, 2.45) is 17.4 Å². The summed E-state index contributed by atoms with van der Waals surface area (Å²) in [6.45, 7) is 6.15. The van der Waals surface area contributed by atoms with Gasteiger partial charge in [0.1, 0.15) is 12.1 Å². The van der Waals surface area contributed by atoms with Crippen molar-refractivity contribution in [3.63, 3.8) is 0 Å². The normalized spacial score (nSPS) is 13.9. The number of carbonyl (C=O) groups is 3. The van der Waals surface area contributed by atoms with Gasteiger partial charge < -0.3 is 27.4 Å². The number of nitrogens with two attached hydrogens (primary N) is 2. The first-order valence-electron chi connectivity index (χ1n) is 14.1. The summed E-state index contributed by atoms with van der Waals surface area (Å²) < 4.78 is 23.7. The van der Waals surface area contributed by atoms with Crippen LogP contribution in [0.4, 0.5) is 0 Å². The van der Waals surface area contributed by atoms with Gasteiger partial charge in [0.25, 0.3) is 0 Å². The van der Waals surface area contributed by atoms with E-state index in [0.717, 1.165) is 33.9 Å². The predicted octanol–water partition coefficient (Wildman–Crippen LogP) is 1.86. The summed E-state index contributed by atoms with van der Waals surface area (Å²) in [4.78, 5) is 38.9. The summed E-state index contributed by atoms with van der Waals surface area (Å²) in [7, 11) is -3.44. The highest BCUT2D eigenvalue weighted by Gasteiger charge is 2.27. The van der Waals surface area contributed by atoms with E-state index in [1.165, 1.54) is 13.0 Å². The minimum absolute atomic E-state index is 0.229. The largest absolute Gasteiger partial charge is 0.348 e. The fourth-order valence-corrected chi connectivity index (χ4v) is 4.77. The maximum Gasteiger partial charge on any atom is 0.243 e. The molecule has 0 spiro atoms. The van der Waals surface area contributed by atoms with Crippen LogP contribution in [0, 0.1) is 5.92 Å². The monoisotopic (exact) mass is 599 g/mol. The summed E-state index contributed by atoms with van der Waals surface area (Å²) in [6, 6.07) is 12.5. The topological polar surface area (TPSA) is 173 Å². The van der Waals surface area contributed by atoms with Gasteiger partial charge in [-0.2, -0.15) is 0 Å². The Labute approximate surface area is 249 Å². The molecule has 0 aliphatic rings. The first-order chi connectivity index (χ1) is 19.8. The molecule has 0 aromatic heterocycles. The van der Waals surface area contributed by atoms with Gasteiger partial charge in [-0.25, -0.2) is 8.42 Å². The highest BCUT2D eigenvalue weighted by Crippen LogP contribution is 2.12. The summed E-state index contributed by atoms with van der Waals surface area (Å²) >= 11 is 0. The van der Waals surface area contributed by atoms with Crippen molar-refractivity contribution >= 4 is 27.6 Å². The zero-order chi connectivity index (χ0) is 31.3. The van der Waals surface area contributed by atoms with Crippen molar-refractivity contribution in [1.82, 2.24) is 16.0 Å². The Hall–Kier alpha value is -3.54. The van der Waals surface area contributed by atoms with Crippen molar-refractivity contribution in [1.29, 1.82) is 0 Å². The third kappa shape index (κ3) is 13.0. The molecule has 0 fully saturated rings. The summed E-state index contributed by atoms with van der Waals surface area (Å²) in [5, 5.41) is 9.50. The SMILES string of the molecule is CC(=O)N[C@@H](Cc1ccc(CN)cc1)C(=O)N[C@@H](CCC(C)C)C(=O)N[C@H](/C=C/S(C)(=O)=O)Cc1ccc(CN)cc1. The van der Waals surface area contributed by atoms with E-state index in [-0.39, 0.29) is 18.2 Å². The summed E-state index contributed by atoms with van der Waals surface area (Å²) in [5.74, 6) is -1.04. The van der Waals surface area contributed by atoms with Crippen molar-refractivity contribution in [2.75, 3.05) is 6.26 Å². The molecular weight excluding hydrogens is 554 g/mol. The molecule has 10 nitrogen and oxygen atoms in total. The van der Waals surface area contributed by atoms with Gasteiger partial charge in [-0.05, 0) is 47.4 Å². The van der Waals surface area contributed by atoms with E-state index in [2.05, 4.69) is 16.0 Å². The lowest BCUT2D eigenvalue weighted by atomic mass is 9.99. The standard InChI is InChI=1S/C31H45N5O5S/c1-21(2)5-14-28(36-31(39)29(34-22(3)37)18-24-8-12-26(20-33)13-9-24)30(38)35-27(15-16-42(4,40)41)17-23-6-10-25(19-32)11-7-23/h6-13,15-16,21,27-29H,5,14,17-20,32-33H2,1-4H3,(H,34,37)(H,35,38)(H,36,39)/b16-15+/t27-,28+,29+/m1/s1. The molecule has 0 saturated heterocycles. The number of rotatable bonds is 16. The Morgan fingerprint density at radius 3 is 1.67 bits per heavy atom. The molecule has 2 rings (SSSR count). The lowest BCUT2D eigenvalue weighted by molar-refractivity contribution is -0.132. The van der Waals surface area contributed by atoms with Crippen LogP contribution in [-0.4, -0.2) is 50.5 Å². The molecule has 42 heavy (non-hydrogen) atoms. The number of hydrogen-bond acceptors (Lipinski definition) is 7. The number of amides is 3. The van der Waals surface area contributed by atoms with Crippen LogP contribution >= 0.6 is 0 Å². The molecule has 11 heteroatoms. The van der Waals surface area contributed by atoms with Crippen LogP contribution in [0.15, 0.2) is 60.0 Å². The minimum atomic E-state index is -3.44. The number of sulfone groups is 1. The van der Waals surface area contributed by atoms with E-state index < -0.39 is 39.8 Å². The second-order valence-corrected chi connectivity index (χ2v) is 12.9. The van der Waals surface area contributed by atoms with Gasteiger partial charge in [0, 0.05) is 38.1 Å². The molecule has 0 aliphatic carbocycles. The van der Waals surface area contributed by atoms with Crippen molar-refractivity contribution in [2.45, 2.75) is 77.7 Å². The molecule has 7 N–H and O–H groups in total. The Morgan fingerprint density at radius 2 is 1.21 bits per heavy atom. The second kappa shape index (κ2) is 16.8. The Bertz CT molecular complexity index is 1310. The van der Waals surface area contributed by atoms with Crippen molar-refractivity contribution in [3.05, 3.63) is 82.3 Å². The van der Waals surface area contributed by atoms with Gasteiger partial charge in [0.05, 0.1) is 6.04 Å². The van der Waals surface area contributed by atoms with Gasteiger partial charge in [-0.1, -0.05) is 68.5 Å². The summed E-state index contributed by atoms with van der Waals surface area (Å²) in [5.41, 5.74) is 15.0. The number of hydrogen-bond donors (Lipinski definition) is 5. The van der Waals surface area contributed by atoms with Crippen LogP contribution in [0.3, 0.4) is 0 Å². The van der Waals surface area contributed by atoms with E-state index in [0.29, 0.717) is 32.4 Å². The number of carbonyl (C=O) groups excluding carboxylic acids is 3. The van der Waals surface area contributed by atoms with Crippen LogP contribution in [0.25, 0.3) is 0 Å². The Balaban J connectivity index is 2.27. The van der Waals surface area contributed by atoms with Crippen molar-refractivity contribution in [3.8, 4) is 0 Å². The smallest absolute Gasteiger partial charge is 0.243 e. The average Bonchev–Trinajstić information content (AvgIpc) is 2.93. The zero-order valence-corrected chi connectivity index (χ0v) is 25.7. The first-order valence-corrected chi connectivity index (χ1v) is 16.1. The highest BCUT2D eigenvalue weighted by atomic mass is 32.2. The van der Waals surface area contributed by atoms with Crippen LogP contribution in [0.1, 0.15) is 55.9 Å². The van der Waals surface area contributed by atoms with Crippen LogP contribution in [0.2, 0.25) is 0 Å². The van der Waals surface area contributed by atoms with Gasteiger partial charge in [0.15, 0.2) is 9.84 Å². The molecule has 0 heterocycles. The van der Waals surface area contributed by atoms with E-state index in [4.69, 9.17) is 11.5 Å². The molecule has 2 aromatic rings. The fourth-order valence-electron chi connectivity index (χ4n) is 4.30. The maximum atomic E-state index is 13.6. The molecule has 2 aromatic carbocycles. The molecule has 0 unspecified atom stereocenters. The minimum Gasteiger partial charge on any atom is -0.348 e. The average molecular weight is 600 g/mol. The highest BCUT2D eigenvalue weighted by molar-refractivity contribution is 7.93. The molecule has 0 aliphatic heterocycles. The van der Waals surface area contributed by atoms with Gasteiger partial charge in [0.2, 0.25) is 17.7 Å².